The van der Waals surface area contributed by atoms with E-state index in [9.17, 15) is 0 Å². The summed E-state index contributed by atoms with van der Waals surface area (Å²) in [5.41, 5.74) is 2.97. The van der Waals surface area contributed by atoms with Crippen LogP contribution in [0.2, 0.25) is 0 Å². The minimum absolute atomic E-state index is 0.386. The number of ether oxygens (including phenoxy) is 1. The van der Waals surface area contributed by atoms with Gasteiger partial charge in [0.05, 0.1) is 5.56 Å². The van der Waals surface area contributed by atoms with E-state index < -0.39 is 0 Å². The van der Waals surface area contributed by atoms with Gasteiger partial charge in [0, 0.05) is 12.0 Å². The molecular formula is C14H13N5O. The van der Waals surface area contributed by atoms with Crippen LogP contribution in [0.4, 0.5) is 5.82 Å². The van der Waals surface area contributed by atoms with E-state index in [1.807, 2.05) is 0 Å². The number of nitrogen functional groups attached to an aromatic ring is 1. The molecule has 6 nitrogen and oxygen atoms in total. The van der Waals surface area contributed by atoms with Gasteiger partial charge in [-0.2, -0.15) is 10.2 Å². The largest absolute Gasteiger partial charge is 0.437 e. The Balaban J connectivity index is 1.93. The summed E-state index contributed by atoms with van der Waals surface area (Å²) >= 11 is 0. The van der Waals surface area contributed by atoms with E-state index in [0.717, 1.165) is 18.7 Å². The molecule has 1 saturated carbocycles. The Morgan fingerprint density at radius 2 is 2.10 bits per heavy atom. The number of hydrogen-bond acceptors (Lipinski definition) is 6. The predicted molar refractivity (Wildman–Crippen MR) is 73.0 cm³/mol. The number of hydrazine groups is 1. The summed E-state index contributed by atoms with van der Waals surface area (Å²) in [6.45, 7) is 0. The third kappa shape index (κ3) is 2.53. The molecule has 0 amide bonds. The van der Waals surface area contributed by atoms with Crippen molar-refractivity contribution in [1.82, 2.24) is 9.97 Å². The molecule has 0 bridgehead atoms. The maximum Gasteiger partial charge on any atom is 0.224 e. The highest BCUT2D eigenvalue weighted by Gasteiger charge is 2.27. The molecule has 0 saturated heterocycles. The lowest BCUT2D eigenvalue weighted by Crippen LogP contribution is -2.10. The van der Waals surface area contributed by atoms with E-state index in [4.69, 9.17) is 15.8 Å². The van der Waals surface area contributed by atoms with Crippen LogP contribution in [0.3, 0.4) is 0 Å². The number of anilines is 1. The molecule has 3 N–H and O–H groups in total. The SMILES string of the molecule is N#Cc1ccccc1Oc1cc(NN)nc(C2CC2)n1. The molecule has 1 aromatic carbocycles. The molecule has 0 aliphatic heterocycles. The number of para-hydroxylation sites is 1. The average molecular weight is 267 g/mol. The molecular weight excluding hydrogens is 254 g/mol. The molecule has 20 heavy (non-hydrogen) atoms. The molecule has 100 valence electrons. The fourth-order valence-corrected chi connectivity index (χ4v) is 1.85. The standard InChI is InChI=1S/C14H13N5O/c15-8-10-3-1-2-4-11(10)20-13-7-12(19-16)17-14(18-13)9-5-6-9/h1-4,7,9H,5-6,16H2,(H,17,18,19). The van der Waals surface area contributed by atoms with E-state index in [1.54, 1.807) is 30.3 Å². The smallest absolute Gasteiger partial charge is 0.224 e. The third-order valence-corrected chi connectivity index (χ3v) is 3.03. The first-order chi connectivity index (χ1) is 9.80. The van der Waals surface area contributed by atoms with Gasteiger partial charge in [-0.1, -0.05) is 12.1 Å². The molecule has 1 aromatic heterocycles. The van der Waals surface area contributed by atoms with Crippen molar-refractivity contribution in [1.29, 1.82) is 5.26 Å². The number of rotatable bonds is 4. The minimum Gasteiger partial charge on any atom is -0.437 e. The zero-order valence-corrected chi connectivity index (χ0v) is 10.7. The van der Waals surface area contributed by atoms with Crippen LogP contribution in [-0.4, -0.2) is 9.97 Å². The molecule has 6 heteroatoms. The number of benzene rings is 1. The van der Waals surface area contributed by atoms with Crippen LogP contribution < -0.4 is 16.0 Å². The van der Waals surface area contributed by atoms with Crippen molar-refractivity contribution in [2.45, 2.75) is 18.8 Å². The lowest BCUT2D eigenvalue weighted by molar-refractivity contribution is 0.457. The second-order valence-corrected chi connectivity index (χ2v) is 4.58. The monoisotopic (exact) mass is 267 g/mol. The van der Waals surface area contributed by atoms with Gasteiger partial charge in [0.1, 0.15) is 23.5 Å². The number of aromatic nitrogens is 2. The van der Waals surface area contributed by atoms with E-state index in [-0.39, 0.29) is 0 Å². The normalized spacial score (nSPS) is 13.6. The van der Waals surface area contributed by atoms with Gasteiger partial charge in [0.25, 0.3) is 0 Å². The van der Waals surface area contributed by atoms with Crippen molar-refractivity contribution in [3.05, 3.63) is 41.7 Å². The lowest BCUT2D eigenvalue weighted by Gasteiger charge is -2.09. The number of nitrogens with one attached hydrogen (secondary N) is 1. The van der Waals surface area contributed by atoms with Gasteiger partial charge < -0.3 is 10.2 Å². The zero-order valence-electron chi connectivity index (χ0n) is 10.7. The van der Waals surface area contributed by atoms with Crippen molar-refractivity contribution in [3.8, 4) is 17.7 Å². The Bertz CT molecular complexity index is 676. The van der Waals surface area contributed by atoms with Gasteiger partial charge in [-0.3, -0.25) is 0 Å². The van der Waals surface area contributed by atoms with Crippen molar-refractivity contribution in [2.24, 2.45) is 5.84 Å². The summed E-state index contributed by atoms with van der Waals surface area (Å²) in [5.74, 6) is 7.89. The van der Waals surface area contributed by atoms with E-state index in [0.29, 0.717) is 28.9 Å². The van der Waals surface area contributed by atoms with E-state index in [1.165, 1.54) is 0 Å². The van der Waals surface area contributed by atoms with Crippen LogP contribution in [0.25, 0.3) is 0 Å². The van der Waals surface area contributed by atoms with Gasteiger partial charge in [0.15, 0.2) is 0 Å². The summed E-state index contributed by atoms with van der Waals surface area (Å²) in [6.07, 6.45) is 2.17. The summed E-state index contributed by atoms with van der Waals surface area (Å²) in [7, 11) is 0. The molecule has 1 aliphatic rings. The van der Waals surface area contributed by atoms with E-state index >= 15 is 0 Å². The second kappa shape index (κ2) is 5.15. The fourth-order valence-electron chi connectivity index (χ4n) is 1.85. The van der Waals surface area contributed by atoms with Gasteiger partial charge in [0.2, 0.25) is 5.88 Å². The first-order valence-electron chi connectivity index (χ1n) is 6.32. The molecule has 1 aliphatic carbocycles. The Morgan fingerprint density at radius 1 is 1.30 bits per heavy atom. The first-order valence-corrected chi connectivity index (χ1v) is 6.32. The molecule has 0 unspecified atom stereocenters. The molecule has 3 rings (SSSR count). The Labute approximate surface area is 116 Å². The number of hydrogen-bond donors (Lipinski definition) is 2. The molecule has 0 atom stereocenters. The summed E-state index contributed by atoms with van der Waals surface area (Å²) in [4.78, 5) is 8.68. The van der Waals surface area contributed by atoms with Crippen LogP contribution in [0.1, 0.15) is 30.1 Å². The quantitative estimate of drug-likeness (QED) is 0.651. The molecule has 0 radical (unpaired) electrons. The maximum atomic E-state index is 9.05. The number of nitriles is 1. The van der Waals surface area contributed by atoms with Gasteiger partial charge in [-0.15, -0.1) is 0 Å². The van der Waals surface area contributed by atoms with Crippen LogP contribution >= 0.6 is 0 Å². The van der Waals surface area contributed by atoms with Crippen molar-refractivity contribution in [2.75, 3.05) is 5.43 Å². The lowest BCUT2D eigenvalue weighted by atomic mass is 10.2. The highest BCUT2D eigenvalue weighted by Crippen LogP contribution is 2.39. The highest BCUT2D eigenvalue weighted by molar-refractivity contribution is 5.46. The van der Waals surface area contributed by atoms with Crippen LogP contribution in [0.15, 0.2) is 30.3 Å². The topological polar surface area (TPSA) is 96.8 Å². The molecule has 1 heterocycles. The van der Waals surface area contributed by atoms with Crippen molar-refractivity contribution >= 4 is 5.82 Å². The summed E-state index contributed by atoms with van der Waals surface area (Å²) in [6, 6.07) is 10.7. The Hall–Kier alpha value is -2.65. The highest BCUT2D eigenvalue weighted by atomic mass is 16.5. The molecule has 1 fully saturated rings. The predicted octanol–water partition coefficient (Wildman–Crippen LogP) is 2.30. The van der Waals surface area contributed by atoms with Crippen molar-refractivity contribution in [3.63, 3.8) is 0 Å². The average Bonchev–Trinajstić information content (AvgIpc) is 3.32. The molecule has 2 aromatic rings. The summed E-state index contributed by atoms with van der Waals surface area (Å²) < 4.78 is 5.69. The third-order valence-electron chi connectivity index (χ3n) is 3.03. The number of nitrogens with zero attached hydrogens (tertiary/aromatic N) is 3. The first kappa shape index (κ1) is 12.4. The second-order valence-electron chi connectivity index (χ2n) is 4.58. The Morgan fingerprint density at radius 3 is 2.80 bits per heavy atom. The molecule has 0 spiro atoms. The van der Waals surface area contributed by atoms with E-state index in [2.05, 4.69) is 21.5 Å². The van der Waals surface area contributed by atoms with Crippen LogP contribution in [0.5, 0.6) is 11.6 Å². The van der Waals surface area contributed by atoms with Crippen molar-refractivity contribution < 1.29 is 4.74 Å². The maximum absolute atomic E-state index is 9.05. The van der Waals surface area contributed by atoms with Gasteiger partial charge in [-0.05, 0) is 25.0 Å². The van der Waals surface area contributed by atoms with Gasteiger partial charge >= 0.3 is 0 Å². The fraction of sp³-hybridized carbons (Fsp3) is 0.214. The van der Waals surface area contributed by atoms with Crippen LogP contribution in [-0.2, 0) is 0 Å². The summed E-state index contributed by atoms with van der Waals surface area (Å²) in [5, 5.41) is 9.05. The minimum atomic E-state index is 0.386. The zero-order chi connectivity index (χ0) is 13.9. The number of nitrogens with two attached hydrogens (primary N) is 1. The van der Waals surface area contributed by atoms with Crippen LogP contribution in [0, 0.1) is 11.3 Å². The van der Waals surface area contributed by atoms with Gasteiger partial charge in [-0.25, -0.2) is 10.8 Å². The Kier molecular flexibility index (Phi) is 3.19.